The van der Waals surface area contributed by atoms with Gasteiger partial charge in [0.2, 0.25) is 5.91 Å². The fourth-order valence-corrected chi connectivity index (χ4v) is 1.77. The normalized spacial score (nSPS) is 20.5. The van der Waals surface area contributed by atoms with Crippen LogP contribution in [-0.2, 0) is 11.3 Å². The molecule has 2 heterocycles. The molecule has 6 nitrogen and oxygen atoms in total. The maximum Gasteiger partial charge on any atom is 0.239 e. The van der Waals surface area contributed by atoms with Gasteiger partial charge in [0.25, 0.3) is 0 Å². The minimum Gasteiger partial charge on any atom is -0.337 e. The first kappa shape index (κ1) is 10.1. The zero-order valence-electron chi connectivity index (χ0n) is 8.73. The van der Waals surface area contributed by atoms with Gasteiger partial charge in [0, 0.05) is 7.05 Å². The highest BCUT2D eigenvalue weighted by molar-refractivity contribution is 5.81. The summed E-state index contributed by atoms with van der Waals surface area (Å²) in [5.74, 6) is 0.841. The van der Waals surface area contributed by atoms with E-state index in [1.165, 1.54) is 6.33 Å². The minimum absolute atomic E-state index is 0.0158. The molecule has 2 N–H and O–H groups in total. The van der Waals surface area contributed by atoms with Crippen LogP contribution in [0.1, 0.15) is 18.7 Å². The van der Waals surface area contributed by atoms with Crippen molar-refractivity contribution >= 4 is 5.91 Å². The summed E-state index contributed by atoms with van der Waals surface area (Å²) in [5.41, 5.74) is 0. The van der Waals surface area contributed by atoms with Crippen molar-refractivity contribution in [2.75, 3.05) is 13.6 Å². The van der Waals surface area contributed by atoms with Crippen LogP contribution < -0.4 is 5.32 Å². The van der Waals surface area contributed by atoms with Crippen LogP contribution in [0.2, 0.25) is 0 Å². The number of carbonyl (C=O) groups excluding carboxylic acids is 1. The Morgan fingerprint density at radius 3 is 3.20 bits per heavy atom. The number of carbonyl (C=O) groups is 1. The molecule has 2 rings (SSSR count). The number of likely N-dealkylation sites (N-methyl/N-ethyl adjacent to an activating group) is 1. The molecule has 1 aliphatic heterocycles. The molecule has 1 amide bonds. The molecule has 1 aromatic rings. The molecule has 0 bridgehead atoms. The van der Waals surface area contributed by atoms with Gasteiger partial charge in [-0.1, -0.05) is 0 Å². The van der Waals surface area contributed by atoms with Crippen molar-refractivity contribution in [3.05, 3.63) is 12.2 Å². The molecule has 0 unspecified atom stereocenters. The maximum atomic E-state index is 11.9. The molecular formula is C9H15N5O. The molecule has 0 spiro atoms. The average molecular weight is 209 g/mol. The maximum absolute atomic E-state index is 11.9. The summed E-state index contributed by atoms with van der Waals surface area (Å²) in [6.45, 7) is 1.42. The second-order valence-corrected chi connectivity index (χ2v) is 3.78. The quantitative estimate of drug-likeness (QED) is 0.705. The van der Waals surface area contributed by atoms with E-state index < -0.39 is 0 Å². The van der Waals surface area contributed by atoms with Crippen molar-refractivity contribution in [2.45, 2.75) is 25.4 Å². The van der Waals surface area contributed by atoms with Gasteiger partial charge < -0.3 is 10.2 Å². The third-order valence-electron chi connectivity index (χ3n) is 2.59. The highest BCUT2D eigenvalue weighted by atomic mass is 16.2. The number of H-pyrrole nitrogens is 1. The number of nitrogens with zero attached hydrogens (tertiary/aromatic N) is 3. The van der Waals surface area contributed by atoms with Crippen molar-refractivity contribution in [3.63, 3.8) is 0 Å². The van der Waals surface area contributed by atoms with Gasteiger partial charge in [0.05, 0.1) is 12.6 Å². The van der Waals surface area contributed by atoms with Crippen molar-refractivity contribution in [2.24, 2.45) is 0 Å². The highest BCUT2D eigenvalue weighted by Gasteiger charge is 2.25. The number of aromatic amines is 1. The van der Waals surface area contributed by atoms with Crippen LogP contribution in [-0.4, -0.2) is 45.6 Å². The molecule has 1 atom stereocenters. The monoisotopic (exact) mass is 209 g/mol. The van der Waals surface area contributed by atoms with Crippen LogP contribution in [0.15, 0.2) is 6.33 Å². The number of amides is 1. The van der Waals surface area contributed by atoms with Crippen LogP contribution in [0.5, 0.6) is 0 Å². The predicted octanol–water partition coefficient (Wildman–Crippen LogP) is -0.485. The largest absolute Gasteiger partial charge is 0.337 e. The fourth-order valence-electron chi connectivity index (χ4n) is 1.77. The van der Waals surface area contributed by atoms with Gasteiger partial charge in [-0.05, 0) is 19.4 Å². The Balaban J connectivity index is 1.89. The molecule has 1 aromatic heterocycles. The van der Waals surface area contributed by atoms with Crippen molar-refractivity contribution in [1.82, 2.24) is 25.4 Å². The molecule has 1 saturated heterocycles. The van der Waals surface area contributed by atoms with E-state index >= 15 is 0 Å². The molecule has 6 heteroatoms. The number of rotatable bonds is 3. The smallest absolute Gasteiger partial charge is 0.239 e. The topological polar surface area (TPSA) is 73.9 Å². The molecule has 0 saturated carbocycles. The second-order valence-electron chi connectivity index (χ2n) is 3.78. The summed E-state index contributed by atoms with van der Waals surface area (Å²) >= 11 is 0. The fraction of sp³-hybridized carbons (Fsp3) is 0.667. The van der Waals surface area contributed by atoms with Crippen LogP contribution in [0.4, 0.5) is 0 Å². The molecule has 15 heavy (non-hydrogen) atoms. The van der Waals surface area contributed by atoms with Crippen LogP contribution in [0.25, 0.3) is 0 Å². The Bertz CT molecular complexity index is 317. The van der Waals surface area contributed by atoms with Gasteiger partial charge in [-0.15, -0.1) is 0 Å². The summed E-state index contributed by atoms with van der Waals surface area (Å²) < 4.78 is 0. The Morgan fingerprint density at radius 2 is 2.60 bits per heavy atom. The number of nitrogens with one attached hydrogen (secondary N) is 2. The van der Waals surface area contributed by atoms with E-state index in [1.807, 2.05) is 0 Å². The van der Waals surface area contributed by atoms with Crippen molar-refractivity contribution in [1.29, 1.82) is 0 Å². The molecule has 0 radical (unpaired) electrons. The Hall–Kier alpha value is -1.43. The molecule has 0 aromatic carbocycles. The molecule has 1 fully saturated rings. The average Bonchev–Trinajstić information content (AvgIpc) is 2.88. The van der Waals surface area contributed by atoms with E-state index in [0.29, 0.717) is 12.4 Å². The third kappa shape index (κ3) is 2.33. The lowest BCUT2D eigenvalue weighted by atomic mass is 10.2. The van der Waals surface area contributed by atoms with E-state index in [0.717, 1.165) is 19.4 Å². The van der Waals surface area contributed by atoms with E-state index in [2.05, 4.69) is 20.5 Å². The van der Waals surface area contributed by atoms with Gasteiger partial charge in [-0.2, -0.15) is 5.10 Å². The first-order chi connectivity index (χ1) is 7.27. The van der Waals surface area contributed by atoms with Crippen LogP contribution >= 0.6 is 0 Å². The number of hydrogen-bond donors (Lipinski definition) is 2. The lowest BCUT2D eigenvalue weighted by Crippen LogP contribution is -2.41. The summed E-state index contributed by atoms with van der Waals surface area (Å²) in [5, 5.41) is 9.66. The standard InChI is InChI=1S/C9H15N5O/c1-14(5-8-11-6-12-13-8)9(15)7-3-2-4-10-7/h6-7,10H,2-5H2,1H3,(H,11,12,13)/t7-/m0/s1. The lowest BCUT2D eigenvalue weighted by molar-refractivity contribution is -0.132. The molecule has 82 valence electrons. The van der Waals surface area contributed by atoms with Crippen molar-refractivity contribution < 1.29 is 4.79 Å². The van der Waals surface area contributed by atoms with Crippen LogP contribution in [0, 0.1) is 0 Å². The molecular weight excluding hydrogens is 194 g/mol. The van der Waals surface area contributed by atoms with E-state index in [1.54, 1.807) is 11.9 Å². The van der Waals surface area contributed by atoms with Gasteiger partial charge in [0.1, 0.15) is 12.2 Å². The first-order valence-electron chi connectivity index (χ1n) is 5.10. The zero-order valence-corrected chi connectivity index (χ0v) is 8.73. The minimum atomic E-state index is -0.0158. The van der Waals surface area contributed by atoms with Gasteiger partial charge in [0.15, 0.2) is 0 Å². The number of aromatic nitrogens is 3. The van der Waals surface area contributed by atoms with Crippen molar-refractivity contribution in [3.8, 4) is 0 Å². The van der Waals surface area contributed by atoms with Gasteiger partial charge >= 0.3 is 0 Å². The third-order valence-corrected chi connectivity index (χ3v) is 2.59. The molecule has 1 aliphatic rings. The van der Waals surface area contributed by atoms with Gasteiger partial charge in [-0.3, -0.25) is 9.89 Å². The van der Waals surface area contributed by atoms with E-state index in [9.17, 15) is 4.79 Å². The summed E-state index contributed by atoms with van der Waals surface area (Å²) in [6.07, 6.45) is 3.45. The zero-order chi connectivity index (χ0) is 10.7. The first-order valence-corrected chi connectivity index (χ1v) is 5.10. The summed E-state index contributed by atoms with van der Waals surface area (Å²) in [6, 6.07) is -0.0158. The van der Waals surface area contributed by atoms with E-state index in [-0.39, 0.29) is 11.9 Å². The Kier molecular flexibility index (Phi) is 2.96. The molecule has 0 aliphatic carbocycles. The highest BCUT2D eigenvalue weighted by Crippen LogP contribution is 2.08. The summed E-state index contributed by atoms with van der Waals surface area (Å²) in [7, 11) is 1.78. The SMILES string of the molecule is CN(Cc1ncn[nH]1)C(=O)[C@@H]1CCCN1. The Morgan fingerprint density at radius 1 is 1.73 bits per heavy atom. The van der Waals surface area contributed by atoms with E-state index in [4.69, 9.17) is 0 Å². The summed E-state index contributed by atoms with van der Waals surface area (Å²) in [4.78, 5) is 17.5. The van der Waals surface area contributed by atoms with Crippen LogP contribution in [0.3, 0.4) is 0 Å². The van der Waals surface area contributed by atoms with Gasteiger partial charge in [-0.25, -0.2) is 4.98 Å². The second kappa shape index (κ2) is 4.39. The Labute approximate surface area is 88.1 Å². The predicted molar refractivity (Wildman–Crippen MR) is 53.9 cm³/mol. The lowest BCUT2D eigenvalue weighted by Gasteiger charge is -2.19. The number of hydrogen-bond acceptors (Lipinski definition) is 4.